The maximum absolute atomic E-state index is 13.9. The van der Waals surface area contributed by atoms with E-state index in [-0.39, 0.29) is 17.8 Å². The molecular formula is C22H27Cl2FN4OS. The standard InChI is InChI=1S/C21H24ClFN4OS.CH3Cl/c1-24-26-29-18(13-15-8-10-16(22)11-9-15)14-17-5-4-12-27(17)21(28)25-20-7-3-2-6-19(20)23;1-2/h2-3,6-11,14,17,24,26H,4-5,12-13H2,1H3,(H,25,28);1H3/b18-14+;. The van der Waals surface area contributed by atoms with Gasteiger partial charge in [0.05, 0.1) is 11.7 Å². The molecule has 1 saturated heterocycles. The van der Waals surface area contributed by atoms with Gasteiger partial charge in [0.15, 0.2) is 0 Å². The van der Waals surface area contributed by atoms with Crippen molar-refractivity contribution in [2.24, 2.45) is 0 Å². The van der Waals surface area contributed by atoms with Crippen molar-refractivity contribution in [3.63, 3.8) is 0 Å². The molecule has 3 N–H and O–H groups in total. The molecule has 1 aliphatic heterocycles. The van der Waals surface area contributed by atoms with E-state index in [4.69, 9.17) is 11.6 Å². The van der Waals surface area contributed by atoms with E-state index in [0.29, 0.717) is 11.6 Å². The summed E-state index contributed by atoms with van der Waals surface area (Å²) in [4.78, 5) is 18.6. The largest absolute Gasteiger partial charge is 0.322 e. The summed E-state index contributed by atoms with van der Waals surface area (Å²) in [6.45, 7) is 0.639. The molecule has 2 aromatic carbocycles. The lowest BCUT2D eigenvalue weighted by Crippen LogP contribution is -2.38. The third-order valence-electron chi connectivity index (χ3n) is 4.63. The highest BCUT2D eigenvalue weighted by Gasteiger charge is 2.28. The van der Waals surface area contributed by atoms with E-state index < -0.39 is 5.82 Å². The number of alkyl halides is 1. The molecule has 1 aliphatic rings. The van der Waals surface area contributed by atoms with Gasteiger partial charge in [-0.25, -0.2) is 9.18 Å². The van der Waals surface area contributed by atoms with E-state index >= 15 is 0 Å². The molecule has 0 aliphatic carbocycles. The zero-order chi connectivity index (χ0) is 22.6. The van der Waals surface area contributed by atoms with Gasteiger partial charge in [-0.2, -0.15) is 4.83 Å². The number of nitrogens with one attached hydrogen (secondary N) is 3. The number of likely N-dealkylation sites (tertiary alicyclic amines) is 1. The number of carbonyl (C=O) groups excluding carboxylic acids is 1. The SMILES string of the molecule is CCl.CNNS/C(=C/C1CCCN1C(=O)Nc1ccccc1F)Cc1ccc(Cl)cc1. The van der Waals surface area contributed by atoms with Gasteiger partial charge < -0.3 is 10.2 Å². The molecule has 31 heavy (non-hydrogen) atoms. The van der Waals surface area contributed by atoms with E-state index in [1.54, 1.807) is 30.1 Å². The topological polar surface area (TPSA) is 56.4 Å². The van der Waals surface area contributed by atoms with E-state index in [1.807, 2.05) is 24.3 Å². The first-order valence-corrected chi connectivity index (χ1v) is 11.8. The molecule has 0 spiro atoms. The average molecular weight is 485 g/mol. The van der Waals surface area contributed by atoms with Crippen molar-refractivity contribution in [3.8, 4) is 0 Å². The normalized spacial score (nSPS) is 16.0. The summed E-state index contributed by atoms with van der Waals surface area (Å²) < 4.78 is 13.9. The molecule has 1 unspecified atom stereocenters. The fourth-order valence-electron chi connectivity index (χ4n) is 3.23. The van der Waals surface area contributed by atoms with Crippen molar-refractivity contribution < 1.29 is 9.18 Å². The second-order valence-electron chi connectivity index (χ2n) is 6.70. The van der Waals surface area contributed by atoms with Crippen molar-refractivity contribution in [3.05, 3.63) is 75.9 Å². The molecule has 1 heterocycles. The molecule has 5 nitrogen and oxygen atoms in total. The zero-order valence-electron chi connectivity index (χ0n) is 17.5. The van der Waals surface area contributed by atoms with Crippen molar-refractivity contribution in [2.75, 3.05) is 25.3 Å². The molecule has 1 atom stereocenters. The number of halogens is 3. The van der Waals surface area contributed by atoms with Gasteiger partial charge in [-0.15, -0.1) is 11.6 Å². The Morgan fingerprint density at radius 3 is 2.61 bits per heavy atom. The first kappa shape index (κ1) is 25.5. The Kier molecular flexibility index (Phi) is 11.2. The van der Waals surface area contributed by atoms with Crippen LogP contribution in [0.1, 0.15) is 18.4 Å². The van der Waals surface area contributed by atoms with Gasteiger partial charge in [-0.05, 0) is 61.7 Å². The predicted molar refractivity (Wildman–Crippen MR) is 130 cm³/mol. The fourth-order valence-corrected chi connectivity index (χ4v) is 4.05. The second kappa shape index (κ2) is 13.6. The number of rotatable bonds is 7. The zero-order valence-corrected chi connectivity index (χ0v) is 19.8. The van der Waals surface area contributed by atoms with Crippen LogP contribution in [-0.4, -0.2) is 36.9 Å². The number of amides is 2. The maximum Gasteiger partial charge on any atom is 0.322 e. The molecule has 0 aromatic heterocycles. The minimum absolute atomic E-state index is 0.0461. The Balaban J connectivity index is 0.00000166. The molecule has 0 saturated carbocycles. The Labute approximate surface area is 197 Å². The number of carbonyl (C=O) groups is 1. The number of allylic oxidation sites excluding steroid dienone is 1. The number of hydrazine groups is 1. The van der Waals surface area contributed by atoms with Gasteiger partial charge in [-0.3, -0.25) is 5.43 Å². The first-order chi connectivity index (χ1) is 15.1. The van der Waals surface area contributed by atoms with Crippen LogP contribution >= 0.6 is 35.1 Å². The lowest BCUT2D eigenvalue weighted by Gasteiger charge is -2.24. The quantitative estimate of drug-likeness (QED) is 0.263. The molecule has 1 fully saturated rings. The van der Waals surface area contributed by atoms with Crippen LogP contribution in [0.15, 0.2) is 59.5 Å². The molecule has 2 aromatic rings. The molecule has 3 rings (SSSR count). The van der Waals surface area contributed by atoms with Gasteiger partial charge >= 0.3 is 6.03 Å². The third-order valence-corrected chi connectivity index (χ3v) is 5.73. The number of para-hydroxylation sites is 1. The first-order valence-electron chi connectivity index (χ1n) is 9.80. The number of hydrogen-bond acceptors (Lipinski definition) is 4. The van der Waals surface area contributed by atoms with E-state index in [0.717, 1.165) is 29.7 Å². The van der Waals surface area contributed by atoms with Gasteiger partial charge in [0.2, 0.25) is 0 Å². The summed E-state index contributed by atoms with van der Waals surface area (Å²) in [5.41, 5.74) is 4.23. The highest BCUT2D eigenvalue weighted by atomic mass is 35.5. The predicted octanol–water partition coefficient (Wildman–Crippen LogP) is 5.83. The van der Waals surface area contributed by atoms with Crippen LogP contribution in [0.25, 0.3) is 0 Å². The van der Waals surface area contributed by atoms with E-state index in [2.05, 4.69) is 33.3 Å². The summed E-state index contributed by atoms with van der Waals surface area (Å²) in [6, 6.07) is 13.6. The number of nitrogens with zero attached hydrogens (tertiary/aromatic N) is 1. The van der Waals surface area contributed by atoms with Gasteiger partial charge in [0.25, 0.3) is 0 Å². The van der Waals surface area contributed by atoms with Crippen LogP contribution in [-0.2, 0) is 6.42 Å². The minimum atomic E-state index is -0.440. The Bertz CT molecular complexity index is 867. The molecule has 2 amide bonds. The number of urea groups is 1. The molecule has 0 radical (unpaired) electrons. The van der Waals surface area contributed by atoms with Gasteiger partial charge in [-0.1, -0.05) is 41.9 Å². The maximum atomic E-state index is 13.9. The minimum Gasteiger partial charge on any atom is -0.318 e. The summed E-state index contributed by atoms with van der Waals surface area (Å²) in [6.07, 6.45) is 6.08. The van der Waals surface area contributed by atoms with Crippen LogP contribution in [0.4, 0.5) is 14.9 Å². The third kappa shape index (κ3) is 8.01. The molecule has 9 heteroatoms. The molecule has 0 bridgehead atoms. The molecule has 168 valence electrons. The van der Waals surface area contributed by atoms with Crippen molar-refractivity contribution in [2.45, 2.75) is 25.3 Å². The van der Waals surface area contributed by atoms with Crippen LogP contribution in [0, 0.1) is 5.82 Å². The van der Waals surface area contributed by atoms with Crippen LogP contribution in [0.5, 0.6) is 0 Å². The Hall–Kier alpha value is -1.77. The summed E-state index contributed by atoms with van der Waals surface area (Å²) in [5, 5.41) is 3.39. The fraction of sp³-hybridized carbons (Fsp3) is 0.318. The number of anilines is 1. The lowest BCUT2D eigenvalue weighted by molar-refractivity contribution is 0.214. The van der Waals surface area contributed by atoms with Crippen molar-refractivity contribution in [1.82, 2.24) is 15.2 Å². The number of benzene rings is 2. The van der Waals surface area contributed by atoms with Crippen LogP contribution in [0.3, 0.4) is 0 Å². The summed E-state index contributed by atoms with van der Waals surface area (Å²) in [5.74, 6) is -0.440. The highest BCUT2D eigenvalue weighted by molar-refractivity contribution is 8.01. The van der Waals surface area contributed by atoms with Gasteiger partial charge in [0.1, 0.15) is 5.82 Å². The van der Waals surface area contributed by atoms with Crippen LogP contribution in [0.2, 0.25) is 5.02 Å². The number of hydrogen-bond donors (Lipinski definition) is 3. The smallest absolute Gasteiger partial charge is 0.318 e. The van der Waals surface area contributed by atoms with Crippen molar-refractivity contribution >= 4 is 46.9 Å². The highest BCUT2D eigenvalue weighted by Crippen LogP contribution is 2.26. The lowest BCUT2D eigenvalue weighted by atomic mass is 10.1. The second-order valence-corrected chi connectivity index (χ2v) is 8.07. The molecular weight excluding hydrogens is 458 g/mol. The van der Waals surface area contributed by atoms with Crippen molar-refractivity contribution in [1.29, 1.82) is 0 Å². The van der Waals surface area contributed by atoms with Crippen LogP contribution < -0.4 is 15.6 Å². The monoisotopic (exact) mass is 484 g/mol. The van der Waals surface area contributed by atoms with E-state index in [1.165, 1.54) is 24.4 Å². The Morgan fingerprint density at radius 2 is 1.94 bits per heavy atom. The van der Waals surface area contributed by atoms with E-state index in [9.17, 15) is 9.18 Å². The van der Waals surface area contributed by atoms with Gasteiger partial charge in [0, 0.05) is 29.3 Å². The Morgan fingerprint density at radius 1 is 1.23 bits per heavy atom. The summed E-state index contributed by atoms with van der Waals surface area (Å²) >= 11 is 12.1. The average Bonchev–Trinajstić information content (AvgIpc) is 3.25. The summed E-state index contributed by atoms with van der Waals surface area (Å²) in [7, 11) is 1.80.